The Labute approximate surface area is 129 Å². The Morgan fingerprint density at radius 2 is 2.30 bits per heavy atom. The summed E-state index contributed by atoms with van der Waals surface area (Å²) in [5, 5.41) is 30.7. The lowest BCUT2D eigenvalue weighted by Crippen LogP contribution is -2.18. The number of rotatable bonds is 5. The number of aromatic hydroxyl groups is 1. The monoisotopic (exact) mass is 319 g/mol. The number of phenolic OH excluding ortho intramolecular Hbond substituents is 1. The molecule has 2 rings (SSSR count). The predicted molar refractivity (Wildman–Crippen MR) is 79.7 cm³/mol. The third-order valence-corrected chi connectivity index (χ3v) is 2.84. The number of nitro benzene ring substituents is 1. The summed E-state index contributed by atoms with van der Waals surface area (Å²) in [6, 6.07) is 4.04. The van der Waals surface area contributed by atoms with Crippen LogP contribution in [0.5, 0.6) is 11.5 Å². The van der Waals surface area contributed by atoms with Crippen molar-refractivity contribution in [3.05, 3.63) is 45.3 Å². The number of hydrazone groups is 1. The van der Waals surface area contributed by atoms with E-state index in [1.165, 1.54) is 25.3 Å². The van der Waals surface area contributed by atoms with Crippen LogP contribution in [-0.2, 0) is 0 Å². The van der Waals surface area contributed by atoms with Crippen molar-refractivity contribution < 1.29 is 19.6 Å². The predicted octanol–water partition coefficient (Wildman–Crippen LogP) is 1.10. The maximum Gasteiger partial charge on any atom is 0.323 e. The van der Waals surface area contributed by atoms with E-state index < -0.39 is 16.5 Å². The summed E-state index contributed by atoms with van der Waals surface area (Å²) >= 11 is 0. The van der Waals surface area contributed by atoms with Gasteiger partial charge in [0.1, 0.15) is 0 Å². The van der Waals surface area contributed by atoms with Crippen molar-refractivity contribution >= 4 is 17.8 Å². The lowest BCUT2D eigenvalue weighted by Gasteiger charge is -2.05. The van der Waals surface area contributed by atoms with Crippen LogP contribution in [0.3, 0.4) is 0 Å². The average Bonchev–Trinajstić information content (AvgIpc) is 2.94. The Morgan fingerprint density at radius 3 is 2.87 bits per heavy atom. The van der Waals surface area contributed by atoms with E-state index >= 15 is 0 Å². The van der Waals surface area contributed by atoms with Crippen LogP contribution in [0.25, 0.3) is 0 Å². The van der Waals surface area contributed by atoms with Crippen LogP contribution in [0.2, 0.25) is 0 Å². The van der Waals surface area contributed by atoms with E-state index in [0.717, 1.165) is 6.21 Å². The minimum Gasteiger partial charge on any atom is -0.504 e. The Morgan fingerprint density at radius 1 is 1.57 bits per heavy atom. The number of H-pyrrole nitrogens is 1. The zero-order valence-electron chi connectivity index (χ0n) is 12.2. The molecule has 120 valence electrons. The van der Waals surface area contributed by atoms with Crippen LogP contribution >= 0.6 is 0 Å². The minimum absolute atomic E-state index is 0.0585. The summed E-state index contributed by atoms with van der Waals surface area (Å²) in [5.41, 5.74) is 2.65. The molecule has 0 spiro atoms. The lowest BCUT2D eigenvalue weighted by molar-refractivity contribution is -0.386. The van der Waals surface area contributed by atoms with Gasteiger partial charge in [0.25, 0.3) is 5.91 Å². The molecule has 0 radical (unpaired) electrons. The number of benzene rings is 1. The Bertz CT molecular complexity index is 783. The van der Waals surface area contributed by atoms with Crippen molar-refractivity contribution in [1.82, 2.24) is 15.6 Å². The van der Waals surface area contributed by atoms with Crippen LogP contribution in [0.4, 0.5) is 5.69 Å². The van der Waals surface area contributed by atoms with Gasteiger partial charge in [-0.3, -0.25) is 20.0 Å². The summed E-state index contributed by atoms with van der Waals surface area (Å²) < 4.78 is 4.82. The number of aryl methyl sites for hydroxylation is 1. The Kier molecular flexibility index (Phi) is 4.55. The smallest absolute Gasteiger partial charge is 0.323 e. The molecule has 23 heavy (non-hydrogen) atoms. The van der Waals surface area contributed by atoms with Gasteiger partial charge in [0.2, 0.25) is 5.75 Å². The van der Waals surface area contributed by atoms with Crippen molar-refractivity contribution in [3.8, 4) is 11.5 Å². The molecular formula is C13H13N5O5. The van der Waals surface area contributed by atoms with Gasteiger partial charge in [-0.05, 0) is 25.1 Å². The number of nitrogens with zero attached hydrogens (tertiary/aromatic N) is 3. The third kappa shape index (κ3) is 3.43. The van der Waals surface area contributed by atoms with Crippen molar-refractivity contribution in [2.75, 3.05) is 7.11 Å². The lowest BCUT2D eigenvalue weighted by atomic mass is 10.1. The number of ether oxygens (including phenoxy) is 1. The number of methoxy groups -OCH3 is 1. The van der Waals surface area contributed by atoms with Crippen LogP contribution in [-0.4, -0.2) is 39.5 Å². The van der Waals surface area contributed by atoms with Gasteiger partial charge in [-0.2, -0.15) is 10.2 Å². The molecule has 1 aromatic heterocycles. The fourth-order valence-corrected chi connectivity index (χ4v) is 1.82. The van der Waals surface area contributed by atoms with Gasteiger partial charge in [-0.1, -0.05) is 0 Å². The Hall–Kier alpha value is -3.43. The number of carbonyl (C=O) groups is 1. The van der Waals surface area contributed by atoms with Gasteiger partial charge in [0.15, 0.2) is 11.4 Å². The number of amides is 1. The summed E-state index contributed by atoms with van der Waals surface area (Å²) in [6.45, 7) is 1.74. The van der Waals surface area contributed by atoms with Gasteiger partial charge in [0, 0.05) is 5.69 Å². The molecule has 0 saturated carbocycles. The number of phenols is 1. The zero-order valence-corrected chi connectivity index (χ0v) is 12.2. The standard InChI is InChI=1S/C13H13N5O5/c1-7-5-9(16-15-7)13(20)17-14-6-8-3-4-10(19)12(23-2)11(8)18(21)22/h3-6,19H,1-2H3,(H,15,16)(H,17,20)/b14-6-. The van der Waals surface area contributed by atoms with Gasteiger partial charge in [0.05, 0.1) is 23.8 Å². The van der Waals surface area contributed by atoms with Gasteiger partial charge >= 0.3 is 5.69 Å². The first-order valence-corrected chi connectivity index (χ1v) is 6.33. The summed E-state index contributed by atoms with van der Waals surface area (Å²) in [5.74, 6) is -1.22. The number of aromatic nitrogens is 2. The first-order valence-electron chi connectivity index (χ1n) is 6.33. The van der Waals surface area contributed by atoms with E-state index in [-0.39, 0.29) is 22.8 Å². The highest BCUT2D eigenvalue weighted by Gasteiger charge is 2.23. The number of aromatic amines is 1. The zero-order chi connectivity index (χ0) is 17.0. The summed E-state index contributed by atoms with van der Waals surface area (Å²) in [4.78, 5) is 22.2. The van der Waals surface area contributed by atoms with Gasteiger partial charge < -0.3 is 9.84 Å². The number of carbonyl (C=O) groups excluding carboxylic acids is 1. The second-order valence-corrected chi connectivity index (χ2v) is 4.45. The first-order chi connectivity index (χ1) is 10.9. The van der Waals surface area contributed by atoms with Crippen molar-refractivity contribution in [2.45, 2.75) is 6.92 Å². The molecule has 1 aromatic carbocycles. The molecule has 0 bridgehead atoms. The van der Waals surface area contributed by atoms with Crippen molar-refractivity contribution in [3.63, 3.8) is 0 Å². The largest absolute Gasteiger partial charge is 0.504 e. The van der Waals surface area contributed by atoms with Gasteiger partial charge in [-0.15, -0.1) is 0 Å². The molecule has 0 saturated heterocycles. The van der Waals surface area contributed by atoms with E-state index in [9.17, 15) is 20.0 Å². The summed E-state index contributed by atoms with van der Waals surface area (Å²) in [6.07, 6.45) is 1.08. The molecule has 0 atom stereocenters. The molecule has 10 nitrogen and oxygen atoms in total. The second-order valence-electron chi connectivity index (χ2n) is 4.45. The van der Waals surface area contributed by atoms with Crippen molar-refractivity contribution in [2.24, 2.45) is 5.10 Å². The number of nitro groups is 1. The van der Waals surface area contributed by atoms with E-state index in [1.54, 1.807) is 6.92 Å². The molecule has 3 N–H and O–H groups in total. The number of hydrogen-bond donors (Lipinski definition) is 3. The van der Waals surface area contributed by atoms with E-state index in [4.69, 9.17) is 4.74 Å². The van der Waals surface area contributed by atoms with Crippen LogP contribution in [0.1, 0.15) is 21.7 Å². The highest BCUT2D eigenvalue weighted by molar-refractivity contribution is 5.94. The molecular weight excluding hydrogens is 306 g/mol. The maximum absolute atomic E-state index is 11.7. The van der Waals surface area contributed by atoms with Crippen LogP contribution < -0.4 is 10.2 Å². The number of hydrogen-bond acceptors (Lipinski definition) is 7. The topological polar surface area (TPSA) is 143 Å². The van der Waals surface area contributed by atoms with Crippen molar-refractivity contribution in [1.29, 1.82) is 0 Å². The number of nitrogens with one attached hydrogen (secondary N) is 2. The van der Waals surface area contributed by atoms with Crippen LogP contribution in [0.15, 0.2) is 23.3 Å². The van der Waals surface area contributed by atoms with E-state index in [2.05, 4.69) is 20.7 Å². The molecule has 0 aliphatic rings. The molecule has 2 aromatic rings. The molecule has 1 amide bonds. The third-order valence-electron chi connectivity index (χ3n) is 2.84. The average molecular weight is 319 g/mol. The molecule has 1 heterocycles. The second kappa shape index (κ2) is 6.56. The molecule has 0 unspecified atom stereocenters. The Balaban J connectivity index is 2.22. The fraction of sp³-hybridized carbons (Fsp3) is 0.154. The molecule has 10 heteroatoms. The van der Waals surface area contributed by atoms with Gasteiger partial charge in [-0.25, -0.2) is 5.43 Å². The molecule has 0 fully saturated rings. The highest BCUT2D eigenvalue weighted by Crippen LogP contribution is 2.37. The first kappa shape index (κ1) is 15.9. The minimum atomic E-state index is -0.710. The highest BCUT2D eigenvalue weighted by atomic mass is 16.6. The van der Waals surface area contributed by atoms with Crippen LogP contribution in [0, 0.1) is 17.0 Å². The summed E-state index contributed by atoms with van der Waals surface area (Å²) in [7, 11) is 1.20. The normalized spacial score (nSPS) is 10.7. The molecule has 0 aliphatic carbocycles. The fourth-order valence-electron chi connectivity index (χ4n) is 1.82. The maximum atomic E-state index is 11.7. The molecule has 0 aliphatic heterocycles. The quantitative estimate of drug-likeness (QED) is 0.428. The van der Waals surface area contributed by atoms with E-state index in [1.807, 2.05) is 0 Å². The SMILES string of the molecule is COc1c(O)ccc(/C=N\NC(=O)c2cc(C)[nH]n2)c1[N+](=O)[O-]. The van der Waals surface area contributed by atoms with E-state index in [0.29, 0.717) is 5.69 Å².